The van der Waals surface area contributed by atoms with E-state index in [2.05, 4.69) is 215 Å². The normalized spacial score (nSPS) is 12.0. The van der Waals surface area contributed by atoms with Gasteiger partial charge >= 0.3 is 0 Å². The first kappa shape index (κ1) is 32.9. The summed E-state index contributed by atoms with van der Waals surface area (Å²) in [5, 5.41) is 13.0. The number of fused-ring (bicyclic) bond motifs is 11. The van der Waals surface area contributed by atoms with E-state index in [1.165, 1.54) is 65.1 Å². The minimum Gasteiger partial charge on any atom is -0.309 e. The summed E-state index contributed by atoms with van der Waals surface area (Å²) in [6, 6.07) is 74.4. The first-order valence-corrected chi connectivity index (χ1v) is 20.5. The summed E-state index contributed by atoms with van der Waals surface area (Å²) in [4.78, 5) is 11.0. The topological polar surface area (TPSA) is 35.6 Å². The largest absolute Gasteiger partial charge is 0.309 e. The number of hydrogen-bond acceptors (Lipinski definition) is 2. The van der Waals surface area contributed by atoms with Crippen LogP contribution in [0.5, 0.6) is 0 Å². The molecule has 10 aromatic carbocycles. The molecule has 60 heavy (non-hydrogen) atoms. The van der Waals surface area contributed by atoms with E-state index in [1.807, 2.05) is 0 Å². The van der Waals surface area contributed by atoms with Crippen molar-refractivity contribution in [1.82, 2.24) is 19.1 Å². The second-order valence-corrected chi connectivity index (χ2v) is 15.8. The van der Waals surface area contributed by atoms with E-state index >= 15 is 0 Å². The zero-order valence-electron chi connectivity index (χ0n) is 32.4. The number of para-hydroxylation sites is 3. The maximum absolute atomic E-state index is 5.66. The van der Waals surface area contributed by atoms with Gasteiger partial charge in [-0.05, 0) is 110 Å². The highest BCUT2D eigenvalue weighted by molar-refractivity contribution is 6.24. The molecule has 3 heterocycles. The van der Waals surface area contributed by atoms with E-state index in [0.29, 0.717) is 5.82 Å². The Balaban J connectivity index is 1.12. The highest BCUT2D eigenvalue weighted by Gasteiger charge is 2.22. The molecule has 13 aromatic rings. The van der Waals surface area contributed by atoms with Crippen molar-refractivity contribution in [2.45, 2.75) is 0 Å². The first-order chi connectivity index (χ1) is 29.7. The fraction of sp³-hybridized carbons (Fsp3) is 0. The van der Waals surface area contributed by atoms with Crippen molar-refractivity contribution in [3.63, 3.8) is 0 Å². The van der Waals surface area contributed by atoms with Crippen LogP contribution in [0, 0.1) is 0 Å². The number of rotatable bonds is 4. The number of nitrogens with zero attached hydrogens (tertiary/aromatic N) is 4. The van der Waals surface area contributed by atoms with Crippen molar-refractivity contribution in [2.24, 2.45) is 0 Å². The lowest BCUT2D eigenvalue weighted by molar-refractivity contribution is 1.08. The lowest BCUT2D eigenvalue weighted by Crippen LogP contribution is -2.03. The van der Waals surface area contributed by atoms with Gasteiger partial charge in [-0.3, -0.25) is 4.57 Å². The van der Waals surface area contributed by atoms with Crippen molar-refractivity contribution in [3.8, 4) is 34.0 Å². The molecule has 4 heteroatoms. The van der Waals surface area contributed by atoms with Crippen LogP contribution >= 0.6 is 0 Å². The maximum Gasteiger partial charge on any atom is 0.162 e. The van der Waals surface area contributed by atoms with Gasteiger partial charge in [0.15, 0.2) is 5.82 Å². The summed E-state index contributed by atoms with van der Waals surface area (Å²) < 4.78 is 4.75. The van der Waals surface area contributed by atoms with Crippen molar-refractivity contribution in [3.05, 3.63) is 206 Å². The zero-order chi connectivity index (χ0) is 39.3. The highest BCUT2D eigenvalue weighted by Crippen LogP contribution is 2.43. The molecule has 0 unspecified atom stereocenters. The second kappa shape index (κ2) is 12.7. The molecular weight excluding hydrogens is 729 g/mol. The minimum atomic E-state index is 0.690. The molecule has 0 bridgehead atoms. The quantitative estimate of drug-likeness (QED) is 0.179. The van der Waals surface area contributed by atoms with Gasteiger partial charge in [0.05, 0.1) is 27.6 Å². The molecule has 0 N–H and O–H groups in total. The van der Waals surface area contributed by atoms with Crippen LogP contribution in [0.1, 0.15) is 0 Å². The Labute approximate surface area is 344 Å². The number of benzene rings is 10. The van der Waals surface area contributed by atoms with Gasteiger partial charge in [0.1, 0.15) is 5.82 Å². The molecule has 0 spiro atoms. The maximum atomic E-state index is 5.66. The predicted octanol–water partition coefficient (Wildman–Crippen LogP) is 14.6. The first-order valence-electron chi connectivity index (χ1n) is 20.5. The average Bonchev–Trinajstić information content (AvgIpc) is 3.82. The molecule has 3 aromatic heterocycles. The van der Waals surface area contributed by atoms with E-state index in [9.17, 15) is 0 Å². The molecule has 0 atom stereocenters. The van der Waals surface area contributed by atoms with Gasteiger partial charge in [0.2, 0.25) is 0 Å². The number of hydrogen-bond donors (Lipinski definition) is 0. The Kier molecular flexibility index (Phi) is 6.98. The van der Waals surface area contributed by atoms with Crippen molar-refractivity contribution >= 4 is 86.8 Å². The summed E-state index contributed by atoms with van der Waals surface area (Å²) in [5.74, 6) is 1.55. The van der Waals surface area contributed by atoms with Gasteiger partial charge in [-0.2, -0.15) is 0 Å². The third kappa shape index (κ3) is 4.85. The molecule has 0 fully saturated rings. The summed E-state index contributed by atoms with van der Waals surface area (Å²) in [5.41, 5.74) is 9.89. The third-order valence-corrected chi connectivity index (χ3v) is 12.4. The van der Waals surface area contributed by atoms with Crippen LogP contribution in [0.4, 0.5) is 0 Å². The van der Waals surface area contributed by atoms with Crippen LogP contribution in [0.2, 0.25) is 0 Å². The van der Waals surface area contributed by atoms with Crippen molar-refractivity contribution < 1.29 is 0 Å². The second-order valence-electron chi connectivity index (χ2n) is 15.8. The smallest absolute Gasteiger partial charge is 0.162 e. The average molecular weight is 763 g/mol. The fourth-order valence-electron chi connectivity index (χ4n) is 9.70. The Morgan fingerprint density at radius 1 is 0.317 bits per heavy atom. The lowest BCUT2D eigenvalue weighted by atomic mass is 9.98. The summed E-state index contributed by atoms with van der Waals surface area (Å²) in [6.45, 7) is 0. The van der Waals surface area contributed by atoms with Crippen LogP contribution in [-0.4, -0.2) is 19.1 Å². The third-order valence-electron chi connectivity index (χ3n) is 12.4. The van der Waals surface area contributed by atoms with Crippen LogP contribution in [0.3, 0.4) is 0 Å². The Morgan fingerprint density at radius 3 is 1.75 bits per heavy atom. The molecule has 278 valence electrons. The molecule has 0 saturated heterocycles. The van der Waals surface area contributed by atoms with E-state index in [0.717, 1.165) is 49.9 Å². The monoisotopic (exact) mass is 762 g/mol. The van der Waals surface area contributed by atoms with Crippen LogP contribution in [0.15, 0.2) is 206 Å². The van der Waals surface area contributed by atoms with Crippen LogP contribution < -0.4 is 0 Å². The molecule has 0 amide bonds. The molecule has 4 nitrogen and oxygen atoms in total. The van der Waals surface area contributed by atoms with Gasteiger partial charge in [0.25, 0.3) is 0 Å². The van der Waals surface area contributed by atoms with Gasteiger partial charge in [-0.25, -0.2) is 9.97 Å². The molecule has 0 radical (unpaired) electrons. The zero-order valence-corrected chi connectivity index (χ0v) is 32.4. The minimum absolute atomic E-state index is 0.690. The van der Waals surface area contributed by atoms with E-state index < -0.39 is 0 Å². The highest BCUT2D eigenvalue weighted by atomic mass is 15.1. The molecule has 0 aliphatic heterocycles. The van der Waals surface area contributed by atoms with E-state index in [-0.39, 0.29) is 0 Å². The lowest BCUT2D eigenvalue weighted by Gasteiger charge is -2.15. The Morgan fingerprint density at radius 2 is 0.917 bits per heavy atom. The van der Waals surface area contributed by atoms with Crippen LogP contribution in [-0.2, 0) is 0 Å². The van der Waals surface area contributed by atoms with E-state index in [1.54, 1.807) is 0 Å². The molecule has 0 aliphatic carbocycles. The van der Waals surface area contributed by atoms with Crippen molar-refractivity contribution in [2.75, 3.05) is 0 Å². The molecule has 0 aliphatic rings. The van der Waals surface area contributed by atoms with Gasteiger partial charge < -0.3 is 4.57 Å². The Bertz CT molecular complexity index is 3890. The Hall–Kier alpha value is -8.08. The number of aromatic nitrogens is 4. The summed E-state index contributed by atoms with van der Waals surface area (Å²) >= 11 is 0. The van der Waals surface area contributed by atoms with Crippen LogP contribution in [0.25, 0.3) is 121 Å². The van der Waals surface area contributed by atoms with Crippen molar-refractivity contribution in [1.29, 1.82) is 0 Å². The molecular formula is C56H34N4. The fourth-order valence-corrected chi connectivity index (χ4v) is 9.70. The SMILES string of the molecule is c1ccc(-n2c3ccccc3c3c4ccccc4c(-c4nc(-n5c6ccc(-c7ccc8ccccc8c7)cc6c6cc7ccccc7cc65)c5ccccc5n4)cc32)cc1. The standard InChI is InChI=1S/C56H34N4/c1-2-18-41(19-3-1)59-50-25-13-11-23-45(50)54-43-21-9-8-20-42(43)48(34-53(54)59)55-57-49-24-12-10-22-44(49)56(58-55)60-51-29-28-40(39-27-26-35-14-4-5-15-36(35)30-39)32-46(51)47-31-37-16-6-7-17-38(37)33-52(47)60/h1-34H. The van der Waals surface area contributed by atoms with E-state index in [4.69, 9.17) is 9.97 Å². The summed E-state index contributed by atoms with van der Waals surface area (Å²) in [7, 11) is 0. The summed E-state index contributed by atoms with van der Waals surface area (Å²) in [6.07, 6.45) is 0. The molecule has 13 rings (SSSR count). The molecule has 0 saturated carbocycles. The van der Waals surface area contributed by atoms with Gasteiger partial charge in [-0.1, -0.05) is 140 Å². The van der Waals surface area contributed by atoms with Gasteiger partial charge in [-0.15, -0.1) is 0 Å². The van der Waals surface area contributed by atoms with Gasteiger partial charge in [0, 0.05) is 38.2 Å². The predicted molar refractivity (Wildman–Crippen MR) is 252 cm³/mol.